The Morgan fingerprint density at radius 3 is 2.96 bits per heavy atom. The third-order valence-electron chi connectivity index (χ3n) is 3.87. The van der Waals surface area contributed by atoms with E-state index in [9.17, 15) is 4.39 Å². The lowest BCUT2D eigenvalue weighted by atomic mass is 9.97. The summed E-state index contributed by atoms with van der Waals surface area (Å²) in [4.78, 5) is 4.35. The van der Waals surface area contributed by atoms with Gasteiger partial charge >= 0.3 is 0 Å². The number of aromatic nitrogens is 3. The van der Waals surface area contributed by atoms with Crippen LogP contribution in [-0.4, -0.2) is 21.7 Å². The number of nitrogens with one attached hydrogen (secondary N) is 2. The molecule has 1 heterocycles. The summed E-state index contributed by atoms with van der Waals surface area (Å²) in [5, 5.41) is 14.1. The predicted molar refractivity (Wildman–Crippen MR) is 94.2 cm³/mol. The Bertz CT molecular complexity index is 735. The molecule has 7 heteroatoms. The molecule has 5 nitrogen and oxygen atoms in total. The van der Waals surface area contributed by atoms with E-state index in [2.05, 4.69) is 31.9 Å². The average molecular weight is 348 g/mol. The van der Waals surface area contributed by atoms with E-state index in [1.165, 1.54) is 43.4 Å². The van der Waals surface area contributed by atoms with E-state index in [1.807, 2.05) is 0 Å². The van der Waals surface area contributed by atoms with E-state index >= 15 is 0 Å². The van der Waals surface area contributed by atoms with Crippen LogP contribution in [0, 0.1) is 5.82 Å². The lowest BCUT2D eigenvalue weighted by Crippen LogP contribution is -2.08. The largest absolute Gasteiger partial charge is 0.368 e. The molecular weight excluding hydrogens is 329 g/mol. The number of rotatable bonds is 6. The number of anilines is 3. The number of benzene rings is 1. The SMILES string of the molecule is Fc1ccc(Nc2nncc(NCCC3=CCCCC3)n2)cc1Cl. The van der Waals surface area contributed by atoms with Crippen LogP contribution in [0.2, 0.25) is 5.02 Å². The van der Waals surface area contributed by atoms with E-state index in [0.717, 1.165) is 13.0 Å². The van der Waals surface area contributed by atoms with Crippen LogP contribution in [0.4, 0.5) is 21.8 Å². The van der Waals surface area contributed by atoms with Crippen LogP contribution >= 0.6 is 11.6 Å². The van der Waals surface area contributed by atoms with Gasteiger partial charge in [-0.15, -0.1) is 5.10 Å². The highest BCUT2D eigenvalue weighted by Crippen LogP contribution is 2.22. The predicted octanol–water partition coefficient (Wildman–Crippen LogP) is 4.71. The van der Waals surface area contributed by atoms with Crippen molar-refractivity contribution in [3.05, 3.63) is 46.9 Å². The second kappa shape index (κ2) is 8.06. The van der Waals surface area contributed by atoms with E-state index < -0.39 is 5.82 Å². The topological polar surface area (TPSA) is 62.7 Å². The number of allylic oxidation sites excluding steroid dienone is 1. The number of nitrogens with zero attached hydrogens (tertiary/aromatic N) is 3. The van der Waals surface area contributed by atoms with Gasteiger partial charge in [-0.05, 0) is 50.3 Å². The van der Waals surface area contributed by atoms with Crippen molar-refractivity contribution < 1.29 is 4.39 Å². The first-order valence-corrected chi connectivity index (χ1v) is 8.42. The fourth-order valence-corrected chi connectivity index (χ4v) is 2.81. The summed E-state index contributed by atoms with van der Waals surface area (Å²) in [5.74, 6) is 0.519. The maximum absolute atomic E-state index is 13.2. The van der Waals surface area contributed by atoms with Gasteiger partial charge in [-0.2, -0.15) is 10.1 Å². The summed E-state index contributed by atoms with van der Waals surface area (Å²) in [6.07, 6.45) is 9.91. The highest BCUT2D eigenvalue weighted by atomic mass is 35.5. The fraction of sp³-hybridized carbons (Fsp3) is 0.353. The smallest absolute Gasteiger partial charge is 0.249 e. The van der Waals surface area contributed by atoms with Gasteiger partial charge in [0, 0.05) is 12.2 Å². The summed E-state index contributed by atoms with van der Waals surface area (Å²) in [6, 6.07) is 4.34. The molecule has 3 rings (SSSR count). The monoisotopic (exact) mass is 347 g/mol. The first kappa shape index (κ1) is 16.6. The van der Waals surface area contributed by atoms with Crippen LogP contribution in [0.25, 0.3) is 0 Å². The molecular formula is C17H19ClFN5. The Morgan fingerprint density at radius 1 is 1.25 bits per heavy atom. The van der Waals surface area contributed by atoms with Gasteiger partial charge in [-0.25, -0.2) is 4.39 Å². The molecule has 1 aromatic carbocycles. The molecule has 0 radical (unpaired) electrons. The standard InChI is InChI=1S/C17H19ClFN5/c18-14-10-13(6-7-15(14)19)22-17-23-16(11-21-24-17)20-9-8-12-4-2-1-3-5-12/h4,6-7,10-11H,1-3,5,8-9H2,(H2,20,22,23,24). The Labute approximate surface area is 145 Å². The molecule has 0 saturated carbocycles. The van der Waals surface area contributed by atoms with Crippen molar-refractivity contribution in [3.8, 4) is 0 Å². The van der Waals surface area contributed by atoms with Crippen molar-refractivity contribution in [2.24, 2.45) is 0 Å². The molecule has 0 aliphatic heterocycles. The molecule has 1 aliphatic rings. The molecule has 0 saturated heterocycles. The molecule has 24 heavy (non-hydrogen) atoms. The number of halogens is 2. The van der Waals surface area contributed by atoms with Gasteiger partial charge in [0.15, 0.2) is 5.82 Å². The third-order valence-corrected chi connectivity index (χ3v) is 4.16. The molecule has 0 bridgehead atoms. The molecule has 2 N–H and O–H groups in total. The van der Waals surface area contributed by atoms with Crippen molar-refractivity contribution in [1.29, 1.82) is 0 Å². The molecule has 0 fully saturated rings. The second-order valence-electron chi connectivity index (χ2n) is 5.70. The molecule has 1 aromatic heterocycles. The normalized spacial score (nSPS) is 14.2. The Morgan fingerprint density at radius 2 is 2.17 bits per heavy atom. The van der Waals surface area contributed by atoms with Crippen LogP contribution in [-0.2, 0) is 0 Å². The Hall–Kier alpha value is -2.21. The third kappa shape index (κ3) is 4.64. The van der Waals surface area contributed by atoms with Gasteiger partial charge in [0.05, 0.1) is 11.2 Å². The molecule has 0 unspecified atom stereocenters. The van der Waals surface area contributed by atoms with Crippen LogP contribution in [0.15, 0.2) is 36.0 Å². The van der Waals surface area contributed by atoms with Gasteiger partial charge in [0.25, 0.3) is 0 Å². The highest BCUT2D eigenvalue weighted by Gasteiger charge is 2.06. The van der Waals surface area contributed by atoms with Crippen LogP contribution in [0.3, 0.4) is 0 Å². The first-order chi connectivity index (χ1) is 11.7. The lowest BCUT2D eigenvalue weighted by Gasteiger charge is -2.13. The zero-order chi connectivity index (χ0) is 16.8. The van der Waals surface area contributed by atoms with Crippen molar-refractivity contribution in [1.82, 2.24) is 15.2 Å². The van der Waals surface area contributed by atoms with Crippen molar-refractivity contribution >= 4 is 29.1 Å². The molecule has 2 aromatic rings. The number of hydrogen-bond acceptors (Lipinski definition) is 5. The van der Waals surface area contributed by atoms with Gasteiger partial charge < -0.3 is 10.6 Å². The molecule has 0 spiro atoms. The van der Waals surface area contributed by atoms with Gasteiger partial charge in [-0.1, -0.05) is 23.3 Å². The minimum absolute atomic E-state index is 0.0444. The molecule has 0 atom stereocenters. The molecule has 1 aliphatic carbocycles. The molecule has 126 valence electrons. The minimum Gasteiger partial charge on any atom is -0.368 e. The zero-order valence-corrected chi connectivity index (χ0v) is 14.0. The lowest BCUT2D eigenvalue weighted by molar-refractivity contribution is 0.628. The maximum Gasteiger partial charge on any atom is 0.249 e. The van der Waals surface area contributed by atoms with E-state index in [4.69, 9.17) is 11.6 Å². The van der Waals surface area contributed by atoms with Gasteiger partial charge in [0.1, 0.15) is 5.82 Å². The van der Waals surface area contributed by atoms with E-state index in [-0.39, 0.29) is 5.02 Å². The summed E-state index contributed by atoms with van der Waals surface area (Å²) < 4.78 is 13.2. The minimum atomic E-state index is -0.464. The van der Waals surface area contributed by atoms with Crippen LogP contribution in [0.5, 0.6) is 0 Å². The van der Waals surface area contributed by atoms with Crippen molar-refractivity contribution in [3.63, 3.8) is 0 Å². The maximum atomic E-state index is 13.2. The van der Waals surface area contributed by atoms with E-state index in [0.29, 0.717) is 17.5 Å². The summed E-state index contributed by atoms with van der Waals surface area (Å²) in [7, 11) is 0. The second-order valence-corrected chi connectivity index (χ2v) is 6.11. The fourth-order valence-electron chi connectivity index (χ4n) is 2.63. The van der Waals surface area contributed by atoms with E-state index in [1.54, 1.807) is 12.3 Å². The number of hydrogen-bond donors (Lipinski definition) is 2. The summed E-state index contributed by atoms with van der Waals surface area (Å²) in [5.41, 5.74) is 2.11. The highest BCUT2D eigenvalue weighted by molar-refractivity contribution is 6.31. The summed E-state index contributed by atoms with van der Waals surface area (Å²) in [6.45, 7) is 0.812. The van der Waals surface area contributed by atoms with Gasteiger partial charge in [-0.3, -0.25) is 0 Å². The van der Waals surface area contributed by atoms with Crippen LogP contribution < -0.4 is 10.6 Å². The Balaban J connectivity index is 1.57. The van der Waals surface area contributed by atoms with Crippen LogP contribution in [0.1, 0.15) is 32.1 Å². The molecule has 0 amide bonds. The van der Waals surface area contributed by atoms with Gasteiger partial charge in [0.2, 0.25) is 5.95 Å². The average Bonchev–Trinajstić information content (AvgIpc) is 2.60. The first-order valence-electron chi connectivity index (χ1n) is 8.04. The van der Waals surface area contributed by atoms with Crippen molar-refractivity contribution in [2.75, 3.05) is 17.2 Å². The van der Waals surface area contributed by atoms with Crippen molar-refractivity contribution in [2.45, 2.75) is 32.1 Å². The Kier molecular flexibility index (Phi) is 5.59. The summed E-state index contributed by atoms with van der Waals surface area (Å²) >= 11 is 5.76. The zero-order valence-electron chi connectivity index (χ0n) is 13.2. The quantitative estimate of drug-likeness (QED) is 0.741.